The molecule has 1 aliphatic heterocycles. The first-order valence-electron chi connectivity index (χ1n) is 5.34. The van der Waals surface area contributed by atoms with Crippen molar-refractivity contribution in [2.45, 2.75) is 38.7 Å². The average molecular weight is 254 g/mol. The molecule has 0 aromatic rings. The summed E-state index contributed by atoms with van der Waals surface area (Å²) < 4.78 is 27.2. The summed E-state index contributed by atoms with van der Waals surface area (Å²) >= 11 is 0. The van der Waals surface area contributed by atoms with Crippen LogP contribution in [-0.2, 0) is 18.3 Å². The summed E-state index contributed by atoms with van der Waals surface area (Å²) in [6.07, 6.45) is -0.365. The fraction of sp³-hybridized carbons (Fsp3) is 1.00. The molecule has 0 aromatic carbocycles. The summed E-state index contributed by atoms with van der Waals surface area (Å²) in [6, 6.07) is -0.0364. The third kappa shape index (κ3) is 3.26. The minimum Gasteiger partial charge on any atom is -0.364 e. The van der Waals surface area contributed by atoms with Gasteiger partial charge in [0.05, 0.1) is 0 Å². The maximum absolute atomic E-state index is 12.1. The average Bonchev–Trinajstić information content (AvgIpc) is 2.72. The topological polar surface area (TPSA) is 68.8 Å². The Hall–Kier alpha value is 0.0300. The summed E-state index contributed by atoms with van der Waals surface area (Å²) in [4.78, 5) is 0. The molecular weight excluding hydrogens is 231 g/mol. The van der Waals surface area contributed by atoms with Crippen LogP contribution in [-0.4, -0.2) is 39.3 Å². The molecule has 6 nitrogen and oxygen atoms in total. The Morgan fingerprint density at radius 3 is 1.94 bits per heavy atom. The molecule has 0 bridgehead atoms. The normalized spacial score (nSPS) is 29.8. The Kier molecular flexibility index (Phi) is 7.39. The number of nitrogens with one attached hydrogen (secondary N) is 2. The largest absolute Gasteiger partial charge is 0.364 e. The lowest BCUT2D eigenvalue weighted by atomic mass is 10.2. The predicted molar refractivity (Wildman–Crippen MR) is 63.3 cm³/mol. The van der Waals surface area contributed by atoms with Gasteiger partial charge in [-0.15, -0.1) is 0 Å². The highest BCUT2D eigenvalue weighted by Crippen LogP contribution is 2.54. The number of hydrazine groups is 1. The molecule has 3 unspecified atom stereocenters. The molecule has 1 fully saturated rings. The minimum absolute atomic E-state index is 0.0364. The third-order valence-corrected chi connectivity index (χ3v) is 4.87. The van der Waals surface area contributed by atoms with Gasteiger partial charge >= 0.3 is 7.60 Å². The molecule has 0 aliphatic carbocycles. The molecule has 98 valence electrons. The van der Waals surface area contributed by atoms with Crippen LogP contribution in [0.3, 0.4) is 0 Å². The fourth-order valence-corrected chi connectivity index (χ4v) is 3.39. The molecule has 7 heteroatoms. The van der Waals surface area contributed by atoms with Gasteiger partial charge in [-0.05, 0) is 6.92 Å². The molecule has 0 spiro atoms. The lowest BCUT2D eigenvalue weighted by molar-refractivity contribution is 0.0800. The van der Waals surface area contributed by atoms with E-state index in [9.17, 15) is 4.57 Å². The highest BCUT2D eigenvalue weighted by Gasteiger charge is 2.47. The van der Waals surface area contributed by atoms with Gasteiger partial charge in [0.15, 0.2) is 0 Å². The van der Waals surface area contributed by atoms with E-state index in [0.29, 0.717) is 0 Å². The number of rotatable bonds is 4. The van der Waals surface area contributed by atoms with Crippen LogP contribution in [0.2, 0.25) is 0 Å². The van der Waals surface area contributed by atoms with Crippen molar-refractivity contribution in [3.63, 3.8) is 0 Å². The number of hydrogen-bond acceptors (Lipinski definition) is 6. The first-order chi connectivity index (χ1) is 7.59. The van der Waals surface area contributed by atoms with Gasteiger partial charge < -0.3 is 13.8 Å². The summed E-state index contributed by atoms with van der Waals surface area (Å²) in [5.41, 5.74) is 5.47. The molecule has 0 amide bonds. The van der Waals surface area contributed by atoms with Crippen molar-refractivity contribution < 1.29 is 18.3 Å². The Bertz CT molecular complexity index is 232. The van der Waals surface area contributed by atoms with Gasteiger partial charge in [-0.2, -0.15) is 0 Å². The minimum atomic E-state index is -3.11. The zero-order valence-corrected chi connectivity index (χ0v) is 11.7. The fourth-order valence-electron chi connectivity index (χ4n) is 1.60. The Labute approximate surface area is 97.5 Å². The molecule has 0 saturated carbocycles. The molecule has 3 atom stereocenters. The van der Waals surface area contributed by atoms with E-state index in [2.05, 4.69) is 10.9 Å². The van der Waals surface area contributed by atoms with E-state index < -0.39 is 7.60 Å². The summed E-state index contributed by atoms with van der Waals surface area (Å²) in [5, 5.41) is 0. The van der Waals surface area contributed by atoms with Gasteiger partial charge in [0.25, 0.3) is 0 Å². The highest BCUT2D eigenvalue weighted by molar-refractivity contribution is 7.54. The van der Waals surface area contributed by atoms with Crippen molar-refractivity contribution in [3.05, 3.63) is 0 Å². The van der Waals surface area contributed by atoms with Crippen molar-refractivity contribution in [1.82, 2.24) is 10.9 Å². The van der Waals surface area contributed by atoms with E-state index in [1.165, 1.54) is 14.2 Å². The van der Waals surface area contributed by atoms with Crippen LogP contribution in [0, 0.1) is 0 Å². The Morgan fingerprint density at radius 2 is 1.56 bits per heavy atom. The van der Waals surface area contributed by atoms with Crippen LogP contribution in [0.5, 0.6) is 0 Å². The third-order valence-electron chi connectivity index (χ3n) is 2.40. The zero-order valence-electron chi connectivity index (χ0n) is 10.8. The van der Waals surface area contributed by atoms with Crippen LogP contribution < -0.4 is 10.9 Å². The zero-order chi connectivity index (χ0) is 12.8. The molecule has 1 rings (SSSR count). The van der Waals surface area contributed by atoms with Crippen LogP contribution in [0.4, 0.5) is 0 Å². The lowest BCUT2D eigenvalue weighted by Gasteiger charge is -2.25. The van der Waals surface area contributed by atoms with E-state index in [4.69, 9.17) is 13.8 Å². The Morgan fingerprint density at radius 1 is 1.06 bits per heavy atom. The maximum atomic E-state index is 12.1. The van der Waals surface area contributed by atoms with Gasteiger partial charge in [0.1, 0.15) is 11.9 Å². The van der Waals surface area contributed by atoms with Crippen molar-refractivity contribution in [3.8, 4) is 0 Å². The quantitative estimate of drug-likeness (QED) is 0.738. The number of ether oxygens (including phenoxy) is 1. The molecule has 1 aliphatic rings. The van der Waals surface area contributed by atoms with Crippen molar-refractivity contribution in [2.24, 2.45) is 0 Å². The van der Waals surface area contributed by atoms with Crippen LogP contribution in [0.15, 0.2) is 0 Å². The first kappa shape index (κ1) is 16.0. The standard InChI is InChI=1S/C7H17N2O4P.C2H6/c1-5-6(7(11-2)9-8-5)14(10,12-3)13-4;1-2/h5-9H,1-4H3;1-2H3. The van der Waals surface area contributed by atoms with Crippen molar-refractivity contribution in [1.29, 1.82) is 0 Å². The van der Waals surface area contributed by atoms with Crippen molar-refractivity contribution in [2.75, 3.05) is 21.3 Å². The van der Waals surface area contributed by atoms with Crippen LogP contribution >= 0.6 is 7.60 Å². The van der Waals surface area contributed by atoms with E-state index >= 15 is 0 Å². The van der Waals surface area contributed by atoms with Crippen LogP contribution in [0.1, 0.15) is 20.8 Å². The van der Waals surface area contributed by atoms with E-state index in [0.717, 1.165) is 0 Å². The molecule has 0 aromatic heterocycles. The highest BCUT2D eigenvalue weighted by atomic mass is 31.2. The summed E-state index contributed by atoms with van der Waals surface area (Å²) in [6.45, 7) is 5.89. The maximum Gasteiger partial charge on any atom is 0.338 e. The summed E-state index contributed by atoms with van der Waals surface area (Å²) in [5.74, 6) is 0. The van der Waals surface area contributed by atoms with Crippen LogP contribution in [0.25, 0.3) is 0 Å². The molecule has 1 heterocycles. The van der Waals surface area contributed by atoms with Gasteiger partial charge in [0.2, 0.25) is 0 Å². The molecule has 16 heavy (non-hydrogen) atoms. The second-order valence-electron chi connectivity index (χ2n) is 3.13. The van der Waals surface area contributed by atoms with E-state index in [1.807, 2.05) is 20.8 Å². The smallest absolute Gasteiger partial charge is 0.338 e. The monoisotopic (exact) mass is 254 g/mol. The van der Waals surface area contributed by atoms with E-state index in [1.54, 1.807) is 7.11 Å². The molecular formula is C9H23N2O4P. The number of hydrogen-bond donors (Lipinski definition) is 2. The van der Waals surface area contributed by atoms with Gasteiger partial charge in [0, 0.05) is 27.4 Å². The predicted octanol–water partition coefficient (Wildman–Crippen LogP) is 1.34. The molecule has 2 N–H and O–H groups in total. The Balaban J connectivity index is 0.00000106. The molecule has 0 radical (unpaired) electrons. The lowest BCUT2D eigenvalue weighted by Crippen LogP contribution is -2.35. The first-order valence-corrected chi connectivity index (χ1v) is 6.95. The second kappa shape index (κ2) is 7.37. The van der Waals surface area contributed by atoms with Crippen molar-refractivity contribution >= 4 is 7.60 Å². The van der Waals surface area contributed by atoms with E-state index in [-0.39, 0.29) is 17.9 Å². The van der Waals surface area contributed by atoms with Gasteiger partial charge in [-0.1, -0.05) is 13.8 Å². The molecule has 1 saturated heterocycles. The number of methoxy groups -OCH3 is 1. The second-order valence-corrected chi connectivity index (χ2v) is 5.54. The van der Waals surface area contributed by atoms with Gasteiger partial charge in [-0.25, -0.2) is 5.43 Å². The summed E-state index contributed by atoms with van der Waals surface area (Å²) in [7, 11) is 1.19. The SMILES string of the molecule is CC.COC1NNC(C)C1P(=O)(OC)OC. The van der Waals surface area contributed by atoms with Gasteiger partial charge in [-0.3, -0.25) is 9.99 Å².